The summed E-state index contributed by atoms with van der Waals surface area (Å²) in [7, 11) is 1.39. The first-order chi connectivity index (χ1) is 3.72. The van der Waals surface area contributed by atoms with Crippen LogP contribution < -0.4 is 11.5 Å². The van der Waals surface area contributed by atoms with E-state index in [0.29, 0.717) is 0 Å². The molecule has 0 aliphatic carbocycles. The van der Waals surface area contributed by atoms with Gasteiger partial charge in [0.25, 0.3) is 0 Å². The lowest BCUT2D eigenvalue weighted by Crippen LogP contribution is -2.36. The molecule has 0 aromatic rings. The number of primary amides is 1. The number of carbonyl (C=O) groups excluding carboxylic acids is 1. The molecule has 0 aliphatic heterocycles. The second-order valence-electron chi connectivity index (χ2n) is 1.36. The van der Waals surface area contributed by atoms with Gasteiger partial charge in [0.15, 0.2) is 0 Å². The Labute approximate surface area is 47.8 Å². The third-order valence-electron chi connectivity index (χ3n) is 0.816. The van der Waals surface area contributed by atoms with E-state index in [1.807, 2.05) is 0 Å². The average molecular weight is 118 g/mol. The van der Waals surface area contributed by atoms with Gasteiger partial charge in [0.1, 0.15) is 6.10 Å². The fraction of sp³-hybridized carbons (Fsp3) is 0.750. The van der Waals surface area contributed by atoms with Crippen LogP contribution in [0.2, 0.25) is 0 Å². The van der Waals surface area contributed by atoms with Crippen LogP contribution in [0.25, 0.3) is 0 Å². The normalized spacial score (nSPS) is 13.2. The quantitative estimate of drug-likeness (QED) is 0.470. The summed E-state index contributed by atoms with van der Waals surface area (Å²) in [5.41, 5.74) is 9.87. The third kappa shape index (κ3) is 1.90. The predicted octanol–water partition coefficient (Wildman–Crippen LogP) is -1.55. The molecule has 0 radical (unpaired) electrons. The summed E-state index contributed by atoms with van der Waals surface area (Å²) in [4.78, 5) is 10.2. The number of ether oxygens (including phenoxy) is 1. The highest BCUT2D eigenvalue weighted by atomic mass is 16.5. The van der Waals surface area contributed by atoms with E-state index in [0.717, 1.165) is 0 Å². The fourth-order valence-corrected chi connectivity index (χ4v) is 0.329. The number of rotatable bonds is 3. The van der Waals surface area contributed by atoms with Crippen molar-refractivity contribution in [3.05, 3.63) is 0 Å². The molecule has 0 heterocycles. The average Bonchev–Trinajstić information content (AvgIpc) is 1.69. The van der Waals surface area contributed by atoms with Crippen molar-refractivity contribution in [1.82, 2.24) is 0 Å². The van der Waals surface area contributed by atoms with E-state index in [1.54, 1.807) is 0 Å². The Morgan fingerprint density at radius 1 is 1.88 bits per heavy atom. The van der Waals surface area contributed by atoms with Crippen molar-refractivity contribution < 1.29 is 9.53 Å². The summed E-state index contributed by atoms with van der Waals surface area (Å²) in [6.07, 6.45) is -0.630. The van der Waals surface area contributed by atoms with Crippen molar-refractivity contribution in [3.8, 4) is 0 Å². The van der Waals surface area contributed by atoms with E-state index in [-0.39, 0.29) is 6.54 Å². The van der Waals surface area contributed by atoms with E-state index >= 15 is 0 Å². The van der Waals surface area contributed by atoms with Gasteiger partial charge in [-0.25, -0.2) is 0 Å². The zero-order valence-corrected chi connectivity index (χ0v) is 4.76. The van der Waals surface area contributed by atoms with Crippen molar-refractivity contribution in [2.45, 2.75) is 6.10 Å². The Balaban J connectivity index is 3.52. The van der Waals surface area contributed by atoms with Crippen LogP contribution in [0, 0.1) is 0 Å². The molecule has 1 atom stereocenters. The maximum absolute atomic E-state index is 10.2. The van der Waals surface area contributed by atoms with Gasteiger partial charge < -0.3 is 16.2 Å². The molecular formula is C4H10N2O2. The zero-order chi connectivity index (χ0) is 6.57. The number of hydrogen-bond acceptors (Lipinski definition) is 3. The highest BCUT2D eigenvalue weighted by Gasteiger charge is 2.09. The molecule has 0 aliphatic rings. The monoisotopic (exact) mass is 118 g/mol. The fourth-order valence-electron chi connectivity index (χ4n) is 0.329. The highest BCUT2D eigenvalue weighted by molar-refractivity contribution is 5.78. The largest absolute Gasteiger partial charge is 0.370 e. The molecule has 0 saturated carbocycles. The van der Waals surface area contributed by atoms with Gasteiger partial charge in [-0.1, -0.05) is 0 Å². The van der Waals surface area contributed by atoms with Crippen molar-refractivity contribution in [1.29, 1.82) is 0 Å². The lowest BCUT2D eigenvalue weighted by atomic mass is 10.3. The van der Waals surface area contributed by atoms with Crippen LogP contribution in [0.4, 0.5) is 0 Å². The minimum atomic E-state index is -0.630. The summed E-state index contributed by atoms with van der Waals surface area (Å²) < 4.78 is 4.56. The topological polar surface area (TPSA) is 78.3 Å². The van der Waals surface area contributed by atoms with Gasteiger partial charge >= 0.3 is 0 Å². The van der Waals surface area contributed by atoms with Crippen LogP contribution in [0.1, 0.15) is 0 Å². The molecule has 0 spiro atoms. The van der Waals surface area contributed by atoms with Crippen LogP contribution >= 0.6 is 0 Å². The molecular weight excluding hydrogens is 108 g/mol. The van der Waals surface area contributed by atoms with Crippen LogP contribution in [-0.4, -0.2) is 25.7 Å². The summed E-state index contributed by atoms with van der Waals surface area (Å²) in [6, 6.07) is 0. The standard InChI is InChI=1S/C4H10N2O2/c1-8-3(2-5)4(6)7/h3H,2,5H2,1H3,(H2,6,7). The van der Waals surface area contributed by atoms with Gasteiger partial charge in [-0.15, -0.1) is 0 Å². The Hall–Kier alpha value is -0.610. The maximum Gasteiger partial charge on any atom is 0.247 e. The second kappa shape index (κ2) is 3.40. The van der Waals surface area contributed by atoms with Gasteiger partial charge in [-0.3, -0.25) is 4.79 Å². The van der Waals surface area contributed by atoms with Crippen molar-refractivity contribution >= 4 is 5.91 Å². The Kier molecular flexibility index (Phi) is 3.14. The number of amides is 1. The van der Waals surface area contributed by atoms with E-state index < -0.39 is 12.0 Å². The molecule has 4 N–H and O–H groups in total. The minimum Gasteiger partial charge on any atom is -0.370 e. The lowest BCUT2D eigenvalue weighted by Gasteiger charge is -2.05. The van der Waals surface area contributed by atoms with E-state index in [1.165, 1.54) is 7.11 Å². The molecule has 4 nitrogen and oxygen atoms in total. The molecule has 0 aromatic heterocycles. The smallest absolute Gasteiger partial charge is 0.247 e. The summed E-state index contributed by atoms with van der Waals surface area (Å²) in [5.74, 6) is -0.519. The third-order valence-corrected chi connectivity index (χ3v) is 0.816. The molecule has 0 fully saturated rings. The molecule has 48 valence electrons. The Morgan fingerprint density at radius 3 is 2.38 bits per heavy atom. The van der Waals surface area contributed by atoms with Gasteiger partial charge in [-0.05, 0) is 0 Å². The highest BCUT2D eigenvalue weighted by Crippen LogP contribution is 1.81. The molecule has 0 bridgehead atoms. The Bertz CT molecular complexity index is 80.1. The van der Waals surface area contributed by atoms with Crippen LogP contribution in [0.15, 0.2) is 0 Å². The number of nitrogens with two attached hydrogens (primary N) is 2. The predicted molar refractivity (Wildman–Crippen MR) is 29.0 cm³/mol. The summed E-state index contributed by atoms with van der Waals surface area (Å²) in [6.45, 7) is 0.145. The SMILES string of the molecule is COC(CN)C(N)=O. The van der Waals surface area contributed by atoms with Crippen molar-refractivity contribution in [3.63, 3.8) is 0 Å². The minimum absolute atomic E-state index is 0.145. The molecule has 0 saturated heterocycles. The van der Waals surface area contributed by atoms with E-state index in [4.69, 9.17) is 11.5 Å². The first-order valence-electron chi connectivity index (χ1n) is 2.24. The van der Waals surface area contributed by atoms with Gasteiger partial charge in [0, 0.05) is 13.7 Å². The lowest BCUT2D eigenvalue weighted by molar-refractivity contribution is -0.127. The van der Waals surface area contributed by atoms with Crippen molar-refractivity contribution in [2.24, 2.45) is 11.5 Å². The molecule has 4 heteroatoms. The number of hydrogen-bond donors (Lipinski definition) is 2. The molecule has 0 aromatic carbocycles. The molecule has 8 heavy (non-hydrogen) atoms. The zero-order valence-electron chi connectivity index (χ0n) is 4.76. The Morgan fingerprint density at radius 2 is 2.38 bits per heavy atom. The first kappa shape index (κ1) is 7.39. The van der Waals surface area contributed by atoms with E-state index in [2.05, 4.69) is 4.74 Å². The number of methoxy groups -OCH3 is 1. The maximum atomic E-state index is 10.2. The summed E-state index contributed by atoms with van der Waals surface area (Å²) >= 11 is 0. The van der Waals surface area contributed by atoms with Crippen LogP contribution in [0.3, 0.4) is 0 Å². The first-order valence-corrected chi connectivity index (χ1v) is 2.24. The second-order valence-corrected chi connectivity index (χ2v) is 1.36. The van der Waals surface area contributed by atoms with Gasteiger partial charge in [-0.2, -0.15) is 0 Å². The number of carbonyl (C=O) groups is 1. The molecule has 1 amide bonds. The molecule has 0 rings (SSSR count). The molecule has 1 unspecified atom stereocenters. The summed E-state index contributed by atoms with van der Waals surface area (Å²) in [5, 5.41) is 0. The van der Waals surface area contributed by atoms with Crippen LogP contribution in [0.5, 0.6) is 0 Å². The van der Waals surface area contributed by atoms with Crippen molar-refractivity contribution in [2.75, 3.05) is 13.7 Å². The van der Waals surface area contributed by atoms with E-state index in [9.17, 15) is 4.79 Å². The van der Waals surface area contributed by atoms with Crippen LogP contribution in [-0.2, 0) is 9.53 Å². The van der Waals surface area contributed by atoms with Gasteiger partial charge in [0.2, 0.25) is 5.91 Å². The van der Waals surface area contributed by atoms with Gasteiger partial charge in [0.05, 0.1) is 0 Å².